The molecule has 1 heterocycles. The lowest BCUT2D eigenvalue weighted by Crippen LogP contribution is -2.48. The monoisotopic (exact) mass is 362 g/mol. The molecule has 142 valence electrons. The Morgan fingerprint density at radius 1 is 1.19 bits per heavy atom. The summed E-state index contributed by atoms with van der Waals surface area (Å²) in [6.45, 7) is 1.13. The number of aliphatic carboxylic acids is 1. The molecule has 26 heavy (non-hydrogen) atoms. The van der Waals surface area contributed by atoms with Gasteiger partial charge in [-0.3, -0.25) is 0 Å². The average Bonchev–Trinajstić information content (AvgIpc) is 3.25. The Kier molecular flexibility index (Phi) is 5.34. The van der Waals surface area contributed by atoms with Gasteiger partial charge < -0.3 is 19.4 Å². The molecule has 0 aromatic heterocycles. The fourth-order valence-corrected chi connectivity index (χ4v) is 4.49. The van der Waals surface area contributed by atoms with Crippen molar-refractivity contribution in [2.24, 2.45) is 5.92 Å². The van der Waals surface area contributed by atoms with Crippen molar-refractivity contribution in [3.05, 3.63) is 35.9 Å². The summed E-state index contributed by atoms with van der Waals surface area (Å²) in [6, 6.07) is 9.05. The van der Waals surface area contributed by atoms with E-state index < -0.39 is 17.5 Å². The molecule has 1 saturated heterocycles. The van der Waals surface area contributed by atoms with Gasteiger partial charge in [0, 0.05) is 12.3 Å². The molecule has 1 unspecified atom stereocenters. The Labute approximate surface area is 154 Å². The molecule has 1 aliphatic carbocycles. The second-order valence-electron chi connectivity index (χ2n) is 8.01. The van der Waals surface area contributed by atoms with Gasteiger partial charge >= 0.3 is 11.9 Å². The third-order valence-corrected chi connectivity index (χ3v) is 5.90. The van der Waals surface area contributed by atoms with Gasteiger partial charge in [-0.1, -0.05) is 43.2 Å². The first-order chi connectivity index (χ1) is 12.3. The molecule has 0 radical (unpaired) electrons. The first-order valence-corrected chi connectivity index (χ1v) is 9.38. The second kappa shape index (κ2) is 7.37. The molecular formula is C20H28NO5+. The summed E-state index contributed by atoms with van der Waals surface area (Å²) in [5.41, 5.74) is -1.05. The van der Waals surface area contributed by atoms with Crippen molar-refractivity contribution in [3.63, 3.8) is 0 Å². The molecule has 1 aliphatic heterocycles. The van der Waals surface area contributed by atoms with Crippen molar-refractivity contribution in [1.82, 2.24) is 0 Å². The lowest BCUT2D eigenvalue weighted by molar-refractivity contribution is -0.891. The van der Waals surface area contributed by atoms with Crippen molar-refractivity contribution in [1.29, 1.82) is 0 Å². The lowest BCUT2D eigenvalue weighted by atomic mass is 9.80. The fourth-order valence-electron chi connectivity index (χ4n) is 4.49. The van der Waals surface area contributed by atoms with Gasteiger partial charge in [0.05, 0.1) is 13.6 Å². The van der Waals surface area contributed by atoms with Crippen LogP contribution in [0.15, 0.2) is 30.3 Å². The van der Waals surface area contributed by atoms with E-state index in [1.807, 2.05) is 25.2 Å². The van der Waals surface area contributed by atoms with Crippen LogP contribution in [0.25, 0.3) is 0 Å². The van der Waals surface area contributed by atoms with E-state index in [1.165, 1.54) is 0 Å². The van der Waals surface area contributed by atoms with Crippen LogP contribution in [0.3, 0.4) is 0 Å². The Morgan fingerprint density at radius 2 is 1.85 bits per heavy atom. The summed E-state index contributed by atoms with van der Waals surface area (Å²) >= 11 is 0. The molecule has 0 amide bonds. The van der Waals surface area contributed by atoms with Crippen LogP contribution >= 0.6 is 0 Å². The highest BCUT2D eigenvalue weighted by Gasteiger charge is 2.49. The Hall–Kier alpha value is -1.92. The van der Waals surface area contributed by atoms with Gasteiger partial charge in [0.1, 0.15) is 6.54 Å². The van der Waals surface area contributed by atoms with Crippen LogP contribution in [0.1, 0.15) is 37.7 Å². The van der Waals surface area contributed by atoms with E-state index in [1.54, 1.807) is 12.1 Å². The smallest absolute Gasteiger partial charge is 0.359 e. The minimum Gasteiger partial charge on any atom is -0.477 e. The number of rotatable bonds is 6. The van der Waals surface area contributed by atoms with Gasteiger partial charge in [-0.25, -0.2) is 9.59 Å². The number of quaternary nitrogens is 1. The number of hydrogen-bond acceptors (Lipinski definition) is 4. The fraction of sp³-hybridized carbons (Fsp3) is 0.600. The number of nitrogens with zero attached hydrogens (tertiary/aromatic N) is 1. The van der Waals surface area contributed by atoms with Gasteiger partial charge in [-0.05, 0) is 18.4 Å². The Balaban J connectivity index is 1.76. The Morgan fingerprint density at radius 3 is 2.46 bits per heavy atom. The molecule has 3 atom stereocenters. The molecule has 0 bridgehead atoms. The van der Waals surface area contributed by atoms with E-state index >= 15 is 0 Å². The highest BCUT2D eigenvalue weighted by Crippen LogP contribution is 2.42. The van der Waals surface area contributed by atoms with E-state index in [2.05, 4.69) is 0 Å². The number of carbonyl (C=O) groups is 2. The summed E-state index contributed by atoms with van der Waals surface area (Å²) in [5, 5.41) is 20.5. The first-order valence-electron chi connectivity index (χ1n) is 9.38. The summed E-state index contributed by atoms with van der Waals surface area (Å²) in [4.78, 5) is 24.1. The quantitative estimate of drug-likeness (QED) is 0.597. The highest BCUT2D eigenvalue weighted by molar-refractivity contribution is 5.81. The number of ether oxygens (including phenoxy) is 1. The predicted molar refractivity (Wildman–Crippen MR) is 95.2 cm³/mol. The van der Waals surface area contributed by atoms with Gasteiger partial charge in [0.2, 0.25) is 0 Å². The van der Waals surface area contributed by atoms with Crippen molar-refractivity contribution in [2.45, 2.75) is 43.8 Å². The molecule has 6 heteroatoms. The van der Waals surface area contributed by atoms with E-state index in [4.69, 9.17) is 9.84 Å². The van der Waals surface area contributed by atoms with E-state index in [0.29, 0.717) is 29.6 Å². The number of benzene rings is 1. The molecule has 1 aromatic rings. The van der Waals surface area contributed by atoms with Crippen molar-refractivity contribution in [3.8, 4) is 0 Å². The minimum atomic E-state index is -1.63. The molecule has 0 spiro atoms. The molecule has 6 nitrogen and oxygen atoms in total. The zero-order valence-corrected chi connectivity index (χ0v) is 15.3. The SMILES string of the molecule is C[N@+]1(CC(=O)O)CC[C@@H](OC(=O)C(O)(c2ccccc2)C2CCCC2)C1. The number of hydrogen-bond donors (Lipinski definition) is 2. The second-order valence-corrected chi connectivity index (χ2v) is 8.01. The average molecular weight is 362 g/mol. The molecule has 2 N–H and O–H groups in total. The van der Waals surface area contributed by atoms with Crippen LogP contribution in [0.2, 0.25) is 0 Å². The molecular weight excluding hydrogens is 334 g/mol. The summed E-state index contributed by atoms with van der Waals surface area (Å²) in [6.07, 6.45) is 3.87. The normalized spacial score (nSPS) is 28.6. The summed E-state index contributed by atoms with van der Waals surface area (Å²) in [7, 11) is 1.86. The number of esters is 1. The number of carboxylic acid groups (broad SMARTS) is 1. The van der Waals surface area contributed by atoms with Crippen LogP contribution in [0.5, 0.6) is 0 Å². The van der Waals surface area contributed by atoms with E-state index in [0.717, 1.165) is 25.7 Å². The van der Waals surface area contributed by atoms with Crippen molar-refractivity contribution < 1.29 is 29.0 Å². The molecule has 2 aliphatic rings. The van der Waals surface area contributed by atoms with Crippen LogP contribution in [-0.2, 0) is 19.9 Å². The van der Waals surface area contributed by atoms with Crippen molar-refractivity contribution in [2.75, 3.05) is 26.7 Å². The van der Waals surface area contributed by atoms with E-state index in [-0.39, 0.29) is 18.6 Å². The van der Waals surface area contributed by atoms with E-state index in [9.17, 15) is 14.7 Å². The topological polar surface area (TPSA) is 83.8 Å². The van der Waals surface area contributed by atoms with Crippen molar-refractivity contribution >= 4 is 11.9 Å². The van der Waals surface area contributed by atoms with Gasteiger partial charge in [-0.2, -0.15) is 0 Å². The highest BCUT2D eigenvalue weighted by atomic mass is 16.6. The van der Waals surface area contributed by atoms with Gasteiger partial charge in [0.25, 0.3) is 0 Å². The largest absolute Gasteiger partial charge is 0.477 e. The number of aliphatic hydroxyl groups is 1. The molecule has 2 fully saturated rings. The van der Waals surface area contributed by atoms with Crippen LogP contribution < -0.4 is 0 Å². The number of carboxylic acids is 1. The number of carbonyl (C=O) groups excluding carboxylic acids is 1. The zero-order chi connectivity index (χ0) is 18.8. The zero-order valence-electron chi connectivity index (χ0n) is 15.3. The number of likely N-dealkylation sites (N-methyl/N-ethyl adjacent to an activating group) is 1. The molecule has 1 saturated carbocycles. The molecule has 3 rings (SSSR count). The molecule has 1 aromatic carbocycles. The lowest BCUT2D eigenvalue weighted by Gasteiger charge is -2.33. The van der Waals surface area contributed by atoms with Crippen LogP contribution in [-0.4, -0.2) is 59.4 Å². The predicted octanol–water partition coefficient (Wildman–Crippen LogP) is 1.91. The first kappa shape index (κ1) is 18.9. The standard InChI is InChI=1S/C20H27NO5/c1-21(14-18(22)23)12-11-17(13-21)26-19(24)20(25,16-9-5-6-10-16)15-7-3-2-4-8-15/h2-4,7-8,16-17,25H,5-6,9-14H2,1H3/p+1/t17-,20?,21+/m1/s1. The maximum Gasteiger partial charge on any atom is 0.359 e. The van der Waals surface area contributed by atoms with Crippen LogP contribution in [0.4, 0.5) is 0 Å². The Bertz CT molecular complexity index is 657. The third-order valence-electron chi connectivity index (χ3n) is 5.90. The summed E-state index contributed by atoms with van der Waals surface area (Å²) in [5.74, 6) is -1.59. The third kappa shape index (κ3) is 3.76. The van der Waals surface area contributed by atoms with Gasteiger partial charge in [-0.15, -0.1) is 0 Å². The summed E-state index contributed by atoms with van der Waals surface area (Å²) < 4.78 is 6.07. The maximum atomic E-state index is 13.0. The van der Waals surface area contributed by atoms with Gasteiger partial charge in [0.15, 0.2) is 18.2 Å². The maximum absolute atomic E-state index is 13.0. The minimum absolute atomic E-state index is 0.0135. The van der Waals surface area contributed by atoms with Crippen LogP contribution in [0, 0.1) is 5.92 Å². The number of likely N-dealkylation sites (tertiary alicyclic amines) is 1.